The fourth-order valence-corrected chi connectivity index (χ4v) is 4.84. The molecule has 0 bridgehead atoms. The minimum absolute atomic E-state index is 0.0815. The smallest absolute Gasteiger partial charge is 0.253 e. The molecule has 0 atom stereocenters. The van der Waals surface area contributed by atoms with E-state index in [0.29, 0.717) is 13.1 Å². The molecule has 7 heteroatoms. The Hall–Kier alpha value is -3.71. The molecule has 0 spiro atoms. The summed E-state index contributed by atoms with van der Waals surface area (Å²) in [6.45, 7) is 6.77. The van der Waals surface area contributed by atoms with Crippen LogP contribution in [0, 0.1) is 13.8 Å². The number of aromatic nitrogens is 2. The number of hydrogen-bond donors (Lipinski definition) is 1. The van der Waals surface area contributed by atoms with Crippen LogP contribution in [0.25, 0.3) is 10.4 Å². The number of carbonyl (C=O) groups is 1. The number of carbonyl (C=O) groups excluding carboxylic acids is 1. The maximum absolute atomic E-state index is 13.1. The lowest BCUT2D eigenvalue weighted by atomic mass is 10.1. The van der Waals surface area contributed by atoms with Crippen LogP contribution in [-0.2, 0) is 0 Å². The second kappa shape index (κ2) is 9.65. The highest BCUT2D eigenvalue weighted by Crippen LogP contribution is 2.26. The second-order valence-electron chi connectivity index (χ2n) is 8.48. The molecule has 1 saturated heterocycles. The van der Waals surface area contributed by atoms with Crippen LogP contribution in [0.15, 0.2) is 72.1 Å². The van der Waals surface area contributed by atoms with Crippen molar-refractivity contribution < 1.29 is 4.79 Å². The Morgan fingerprint density at radius 2 is 1.65 bits per heavy atom. The van der Waals surface area contributed by atoms with Crippen molar-refractivity contribution in [2.24, 2.45) is 0 Å². The van der Waals surface area contributed by atoms with E-state index in [1.807, 2.05) is 60.4 Å². The first-order valence-corrected chi connectivity index (χ1v) is 12.3. The fraction of sp³-hybridized carbons (Fsp3) is 0.222. The molecule has 1 aliphatic heterocycles. The molecule has 1 fully saturated rings. The van der Waals surface area contributed by atoms with Gasteiger partial charge in [-0.15, -0.1) is 11.3 Å². The third-order valence-corrected chi connectivity index (χ3v) is 6.90. The average molecular weight is 470 g/mol. The van der Waals surface area contributed by atoms with Gasteiger partial charge in [-0.3, -0.25) is 4.79 Å². The van der Waals surface area contributed by atoms with Gasteiger partial charge in [-0.1, -0.05) is 35.9 Å². The quantitative estimate of drug-likeness (QED) is 0.417. The van der Waals surface area contributed by atoms with Crippen LogP contribution in [0.4, 0.5) is 17.3 Å². The number of amides is 1. The van der Waals surface area contributed by atoms with E-state index < -0.39 is 0 Å². The summed E-state index contributed by atoms with van der Waals surface area (Å²) in [5, 5.41) is 5.44. The second-order valence-corrected chi connectivity index (χ2v) is 9.43. The molecule has 0 saturated carbocycles. The zero-order chi connectivity index (χ0) is 23.5. The van der Waals surface area contributed by atoms with Crippen LogP contribution in [0.2, 0.25) is 0 Å². The summed E-state index contributed by atoms with van der Waals surface area (Å²) >= 11 is 1.70. The zero-order valence-electron chi connectivity index (χ0n) is 19.4. The lowest BCUT2D eigenvalue weighted by Gasteiger charge is -2.35. The molecule has 1 amide bonds. The van der Waals surface area contributed by atoms with Gasteiger partial charge >= 0.3 is 0 Å². The van der Waals surface area contributed by atoms with Crippen LogP contribution >= 0.6 is 11.3 Å². The average Bonchev–Trinajstić information content (AvgIpc) is 3.40. The number of anilines is 3. The number of aryl methyl sites for hydroxylation is 2. The fourth-order valence-electron chi connectivity index (χ4n) is 4.10. The molecular formula is C27H27N5OS. The molecule has 5 rings (SSSR count). The largest absolute Gasteiger partial charge is 0.353 e. The Kier molecular flexibility index (Phi) is 6.27. The van der Waals surface area contributed by atoms with E-state index in [1.165, 1.54) is 10.4 Å². The summed E-state index contributed by atoms with van der Waals surface area (Å²) < 4.78 is 0. The standard InChI is InChI=1S/C27H27N5OS/c1-19-5-11-23(12-6-19)30-25-18-26(29-20(2)28-25)31-13-15-32(16-14-31)27(33)22-9-7-21(8-10-22)24-4-3-17-34-24/h3-12,17-18H,13-16H2,1-2H3,(H,28,29,30). The Bertz CT molecular complexity index is 1260. The van der Waals surface area contributed by atoms with Crippen LogP contribution in [-0.4, -0.2) is 47.0 Å². The van der Waals surface area contributed by atoms with Crippen LogP contribution in [0.1, 0.15) is 21.7 Å². The van der Waals surface area contributed by atoms with Crippen LogP contribution < -0.4 is 10.2 Å². The van der Waals surface area contributed by atoms with E-state index in [0.717, 1.165) is 47.4 Å². The molecule has 172 valence electrons. The lowest BCUT2D eigenvalue weighted by molar-refractivity contribution is 0.0746. The van der Waals surface area contributed by atoms with Gasteiger partial charge in [-0.25, -0.2) is 9.97 Å². The van der Waals surface area contributed by atoms with Crippen molar-refractivity contribution in [3.63, 3.8) is 0 Å². The van der Waals surface area contributed by atoms with Crippen molar-refractivity contribution in [2.75, 3.05) is 36.4 Å². The summed E-state index contributed by atoms with van der Waals surface area (Å²) in [5.41, 5.74) is 4.09. The normalized spacial score (nSPS) is 13.7. The summed E-state index contributed by atoms with van der Waals surface area (Å²) in [7, 11) is 0. The molecule has 3 heterocycles. The highest BCUT2D eigenvalue weighted by Gasteiger charge is 2.23. The van der Waals surface area contributed by atoms with Gasteiger partial charge < -0.3 is 15.1 Å². The van der Waals surface area contributed by atoms with Gasteiger partial charge in [0.25, 0.3) is 5.91 Å². The molecule has 0 unspecified atom stereocenters. The lowest BCUT2D eigenvalue weighted by Crippen LogP contribution is -2.49. The third kappa shape index (κ3) is 4.94. The molecular weight excluding hydrogens is 442 g/mol. The Morgan fingerprint density at radius 1 is 0.912 bits per heavy atom. The van der Waals surface area contributed by atoms with Gasteiger partial charge in [0.05, 0.1) is 0 Å². The van der Waals surface area contributed by atoms with Crippen LogP contribution in [0.3, 0.4) is 0 Å². The van der Waals surface area contributed by atoms with Gasteiger partial charge in [0.2, 0.25) is 0 Å². The molecule has 1 N–H and O–H groups in total. The number of benzene rings is 2. The van der Waals surface area contributed by atoms with Gasteiger partial charge in [0.1, 0.15) is 17.5 Å². The van der Waals surface area contributed by atoms with Crippen molar-refractivity contribution in [3.05, 3.63) is 89.1 Å². The molecule has 1 aliphatic rings. The van der Waals surface area contributed by atoms with Crippen molar-refractivity contribution in [1.82, 2.24) is 14.9 Å². The molecule has 0 aliphatic carbocycles. The summed E-state index contributed by atoms with van der Waals surface area (Å²) in [5.74, 6) is 2.46. The minimum atomic E-state index is 0.0815. The molecule has 34 heavy (non-hydrogen) atoms. The zero-order valence-corrected chi connectivity index (χ0v) is 20.2. The number of nitrogens with one attached hydrogen (secondary N) is 1. The summed E-state index contributed by atoms with van der Waals surface area (Å²) in [6, 6.07) is 22.3. The van der Waals surface area contributed by atoms with Crippen LogP contribution in [0.5, 0.6) is 0 Å². The molecule has 6 nitrogen and oxygen atoms in total. The topological polar surface area (TPSA) is 61.4 Å². The van der Waals surface area contributed by atoms with Gasteiger partial charge in [-0.2, -0.15) is 0 Å². The highest BCUT2D eigenvalue weighted by molar-refractivity contribution is 7.13. The summed E-state index contributed by atoms with van der Waals surface area (Å²) in [6.07, 6.45) is 0. The van der Waals surface area contributed by atoms with E-state index in [9.17, 15) is 4.79 Å². The first kappa shape index (κ1) is 22.1. The highest BCUT2D eigenvalue weighted by atomic mass is 32.1. The molecule has 2 aromatic carbocycles. The van der Waals surface area contributed by atoms with E-state index >= 15 is 0 Å². The number of hydrogen-bond acceptors (Lipinski definition) is 6. The Labute approximate surface area is 203 Å². The maximum atomic E-state index is 13.1. The first-order valence-electron chi connectivity index (χ1n) is 11.4. The minimum Gasteiger partial charge on any atom is -0.353 e. The molecule has 4 aromatic rings. The number of rotatable bonds is 5. The number of piperazine rings is 1. The predicted molar refractivity (Wildman–Crippen MR) is 139 cm³/mol. The SMILES string of the molecule is Cc1ccc(Nc2cc(N3CCN(C(=O)c4ccc(-c5cccs5)cc4)CC3)nc(C)n2)cc1. The monoisotopic (exact) mass is 469 g/mol. The van der Waals surface area contributed by atoms with Gasteiger partial charge in [-0.05, 0) is 55.1 Å². The molecule has 0 radical (unpaired) electrons. The first-order chi connectivity index (χ1) is 16.5. The van der Waals surface area contributed by atoms with Gasteiger partial charge in [0.15, 0.2) is 0 Å². The third-order valence-electron chi connectivity index (χ3n) is 5.98. The summed E-state index contributed by atoms with van der Waals surface area (Å²) in [4.78, 5) is 27.6. The van der Waals surface area contributed by atoms with Crippen molar-refractivity contribution in [3.8, 4) is 10.4 Å². The van der Waals surface area contributed by atoms with Crippen molar-refractivity contribution >= 4 is 34.6 Å². The maximum Gasteiger partial charge on any atom is 0.253 e. The molecule has 2 aromatic heterocycles. The number of nitrogens with zero attached hydrogens (tertiary/aromatic N) is 4. The number of thiophene rings is 1. The van der Waals surface area contributed by atoms with Crippen molar-refractivity contribution in [2.45, 2.75) is 13.8 Å². The van der Waals surface area contributed by atoms with E-state index in [-0.39, 0.29) is 5.91 Å². The van der Waals surface area contributed by atoms with E-state index in [1.54, 1.807) is 11.3 Å². The van der Waals surface area contributed by atoms with E-state index in [4.69, 9.17) is 0 Å². The van der Waals surface area contributed by atoms with Gasteiger partial charge in [0, 0.05) is 48.4 Å². The predicted octanol–water partition coefficient (Wildman–Crippen LogP) is 5.53. The van der Waals surface area contributed by atoms with Crippen molar-refractivity contribution in [1.29, 1.82) is 0 Å². The van der Waals surface area contributed by atoms with E-state index in [2.05, 4.69) is 50.7 Å². The Balaban J connectivity index is 1.23. The Morgan fingerprint density at radius 3 is 2.32 bits per heavy atom.